The van der Waals surface area contributed by atoms with Crippen molar-refractivity contribution in [3.63, 3.8) is 0 Å². The summed E-state index contributed by atoms with van der Waals surface area (Å²) < 4.78 is 4.02. The van der Waals surface area contributed by atoms with Crippen molar-refractivity contribution >= 4 is 27.7 Å². The predicted molar refractivity (Wildman–Crippen MR) is 125 cm³/mol. The smallest absolute Gasteiger partial charge is 0.241 e. The number of benzene rings is 2. The summed E-state index contributed by atoms with van der Waals surface area (Å²) in [6.45, 7) is 3.83. The molecule has 2 aromatic carbocycles. The van der Waals surface area contributed by atoms with E-state index < -0.39 is 5.41 Å². The molecule has 6 aromatic rings. The van der Waals surface area contributed by atoms with Gasteiger partial charge in [-0.25, -0.2) is 9.97 Å². The molecule has 8 nitrogen and oxygen atoms in total. The van der Waals surface area contributed by atoms with Gasteiger partial charge in [0.1, 0.15) is 12.7 Å². The first-order valence-electron chi connectivity index (χ1n) is 10.5. The number of aromatic nitrogens is 7. The lowest BCUT2D eigenvalue weighted by atomic mass is 9.86. The molecule has 33 heavy (non-hydrogen) atoms. The van der Waals surface area contributed by atoms with E-state index in [2.05, 4.69) is 41.9 Å². The molecule has 0 amide bonds. The number of hydrogen-bond donors (Lipinski definition) is 0. The number of fused-ring (bicyclic) bond motifs is 5. The van der Waals surface area contributed by atoms with E-state index in [4.69, 9.17) is 0 Å². The molecule has 0 saturated carbocycles. The van der Waals surface area contributed by atoms with Crippen molar-refractivity contribution in [2.24, 2.45) is 0 Å². The first-order chi connectivity index (χ1) is 16.1. The van der Waals surface area contributed by atoms with Crippen LogP contribution in [0.15, 0.2) is 73.7 Å². The molecule has 4 aromatic heterocycles. The summed E-state index contributed by atoms with van der Waals surface area (Å²) in [5.41, 5.74) is 6.03. The highest BCUT2D eigenvalue weighted by molar-refractivity contribution is 6.06. The third-order valence-electron chi connectivity index (χ3n) is 6.05. The van der Waals surface area contributed by atoms with Crippen LogP contribution in [0.25, 0.3) is 44.5 Å². The largest absolute Gasteiger partial charge is 0.276 e. The summed E-state index contributed by atoms with van der Waals surface area (Å²) in [6, 6.07) is 16.5. The fourth-order valence-corrected chi connectivity index (χ4v) is 4.19. The Labute approximate surface area is 188 Å². The highest BCUT2D eigenvalue weighted by Gasteiger charge is 2.21. The first-order valence-corrected chi connectivity index (χ1v) is 10.5. The van der Waals surface area contributed by atoms with Crippen molar-refractivity contribution in [2.75, 3.05) is 0 Å². The molecular formula is C25H18N8. The SMILES string of the molecule is CC(C)(C#N)c1ccc(-n2c3c4cc(-c5cncnc5)ccc4ncc3n3cnnc23)cc1. The van der Waals surface area contributed by atoms with Gasteiger partial charge in [-0.05, 0) is 49.2 Å². The van der Waals surface area contributed by atoms with E-state index in [0.717, 1.165) is 44.3 Å². The van der Waals surface area contributed by atoms with Crippen LogP contribution in [0, 0.1) is 11.3 Å². The van der Waals surface area contributed by atoms with Gasteiger partial charge < -0.3 is 0 Å². The van der Waals surface area contributed by atoms with Crippen molar-refractivity contribution in [2.45, 2.75) is 19.3 Å². The quantitative estimate of drug-likeness (QED) is 0.411. The molecule has 0 aliphatic heterocycles. The van der Waals surface area contributed by atoms with Gasteiger partial charge in [0.2, 0.25) is 5.78 Å². The second-order valence-electron chi connectivity index (χ2n) is 8.47. The Kier molecular flexibility index (Phi) is 4.01. The number of nitrogens with zero attached hydrogens (tertiary/aromatic N) is 8. The molecule has 0 aliphatic carbocycles. The van der Waals surface area contributed by atoms with Crippen LogP contribution in [-0.2, 0) is 5.41 Å². The van der Waals surface area contributed by atoms with Gasteiger partial charge in [0, 0.05) is 29.0 Å². The van der Waals surface area contributed by atoms with Crippen molar-refractivity contribution < 1.29 is 0 Å². The van der Waals surface area contributed by atoms with Crippen LogP contribution in [-0.4, -0.2) is 34.1 Å². The molecule has 0 N–H and O–H groups in total. The van der Waals surface area contributed by atoms with Crippen LogP contribution in [0.3, 0.4) is 0 Å². The minimum Gasteiger partial charge on any atom is -0.276 e. The maximum Gasteiger partial charge on any atom is 0.241 e. The summed E-state index contributed by atoms with van der Waals surface area (Å²) >= 11 is 0. The van der Waals surface area contributed by atoms with Gasteiger partial charge in [0.05, 0.1) is 34.2 Å². The molecule has 0 fully saturated rings. The van der Waals surface area contributed by atoms with Gasteiger partial charge >= 0.3 is 0 Å². The molecule has 6 rings (SSSR count). The van der Waals surface area contributed by atoms with Gasteiger partial charge in [-0.2, -0.15) is 5.26 Å². The summed E-state index contributed by atoms with van der Waals surface area (Å²) in [5.74, 6) is 0.694. The normalized spacial score (nSPS) is 11.9. The van der Waals surface area contributed by atoms with E-state index in [-0.39, 0.29) is 0 Å². The maximum absolute atomic E-state index is 9.50. The van der Waals surface area contributed by atoms with Crippen molar-refractivity contribution in [3.8, 4) is 22.9 Å². The van der Waals surface area contributed by atoms with Gasteiger partial charge in [0.25, 0.3) is 0 Å². The van der Waals surface area contributed by atoms with Crippen LogP contribution >= 0.6 is 0 Å². The van der Waals surface area contributed by atoms with Crippen molar-refractivity contribution in [1.82, 2.24) is 34.1 Å². The molecular weight excluding hydrogens is 412 g/mol. The van der Waals surface area contributed by atoms with Crippen LogP contribution in [0.5, 0.6) is 0 Å². The fourth-order valence-electron chi connectivity index (χ4n) is 4.19. The molecule has 0 aliphatic rings. The van der Waals surface area contributed by atoms with E-state index in [1.54, 1.807) is 18.7 Å². The Balaban J connectivity index is 1.66. The molecule has 0 spiro atoms. The Hall–Kier alpha value is -4.64. The number of imidazole rings is 1. The van der Waals surface area contributed by atoms with Crippen LogP contribution in [0.2, 0.25) is 0 Å². The summed E-state index contributed by atoms with van der Waals surface area (Å²) in [4.78, 5) is 13.0. The van der Waals surface area contributed by atoms with E-state index in [0.29, 0.717) is 5.78 Å². The Morgan fingerprint density at radius 1 is 0.939 bits per heavy atom. The Bertz CT molecular complexity index is 1690. The monoisotopic (exact) mass is 430 g/mol. The number of nitriles is 1. The summed E-state index contributed by atoms with van der Waals surface area (Å²) in [5, 5.41) is 19.0. The Morgan fingerprint density at radius 2 is 1.73 bits per heavy atom. The molecule has 0 atom stereocenters. The zero-order valence-electron chi connectivity index (χ0n) is 18.0. The highest BCUT2D eigenvalue weighted by Crippen LogP contribution is 2.33. The number of rotatable bonds is 3. The molecule has 0 saturated heterocycles. The third kappa shape index (κ3) is 2.87. The molecule has 158 valence electrons. The van der Waals surface area contributed by atoms with E-state index >= 15 is 0 Å². The van der Waals surface area contributed by atoms with Gasteiger partial charge in [-0.15, -0.1) is 10.2 Å². The van der Waals surface area contributed by atoms with Gasteiger partial charge in [-0.3, -0.25) is 14.0 Å². The minimum atomic E-state index is -0.565. The van der Waals surface area contributed by atoms with Gasteiger partial charge in [-0.1, -0.05) is 18.2 Å². The second kappa shape index (κ2) is 6.93. The lowest BCUT2D eigenvalue weighted by Crippen LogP contribution is -2.13. The zero-order chi connectivity index (χ0) is 22.6. The predicted octanol–water partition coefficient (Wildman–Crippen LogP) is 4.48. The third-order valence-corrected chi connectivity index (χ3v) is 6.05. The Morgan fingerprint density at radius 3 is 2.48 bits per heavy atom. The minimum absolute atomic E-state index is 0.565. The number of hydrogen-bond acceptors (Lipinski definition) is 6. The van der Waals surface area contributed by atoms with Crippen molar-refractivity contribution in [3.05, 3.63) is 79.3 Å². The lowest BCUT2D eigenvalue weighted by Gasteiger charge is -2.16. The standard InChI is InChI=1S/C25H18N8/c1-25(2,13-26)18-4-6-19(7-5-18)33-23-20-9-16(17-10-27-14-28-11-17)3-8-21(20)29-12-22(23)32-15-30-31-24(32)33/h3-12,14-15H,1-2H3. The molecule has 4 heterocycles. The molecule has 0 unspecified atom stereocenters. The average molecular weight is 430 g/mol. The van der Waals surface area contributed by atoms with Crippen molar-refractivity contribution in [1.29, 1.82) is 5.26 Å². The highest BCUT2D eigenvalue weighted by atomic mass is 15.3. The van der Waals surface area contributed by atoms with Crippen LogP contribution in [0.4, 0.5) is 0 Å². The summed E-state index contributed by atoms with van der Waals surface area (Å²) in [6.07, 6.45) is 8.67. The average Bonchev–Trinajstić information content (AvgIpc) is 3.45. The molecule has 0 bridgehead atoms. The van der Waals surface area contributed by atoms with Crippen LogP contribution < -0.4 is 0 Å². The van der Waals surface area contributed by atoms with Crippen LogP contribution in [0.1, 0.15) is 19.4 Å². The lowest BCUT2D eigenvalue weighted by molar-refractivity contribution is 0.687. The fraction of sp³-hybridized carbons (Fsp3) is 0.120. The molecule has 8 heteroatoms. The summed E-state index contributed by atoms with van der Waals surface area (Å²) in [7, 11) is 0. The van der Waals surface area contributed by atoms with Gasteiger partial charge in [0.15, 0.2) is 0 Å². The van der Waals surface area contributed by atoms with E-state index in [1.807, 2.05) is 60.8 Å². The zero-order valence-corrected chi connectivity index (χ0v) is 18.0. The second-order valence-corrected chi connectivity index (χ2v) is 8.47. The first kappa shape index (κ1) is 19.1. The molecule has 0 radical (unpaired) electrons. The maximum atomic E-state index is 9.50. The van der Waals surface area contributed by atoms with E-state index in [9.17, 15) is 5.26 Å². The topological polar surface area (TPSA) is 97.6 Å². The van der Waals surface area contributed by atoms with E-state index in [1.165, 1.54) is 6.33 Å². The number of pyridine rings is 1.